The number of aromatic nitrogens is 4. The number of rotatable bonds is 13. The molecule has 3 aromatic heterocycles. The molecule has 1 N–H and O–H groups in total. The Balaban J connectivity index is 1.14. The first-order chi connectivity index (χ1) is 25.3. The molecule has 4 heterocycles. The summed E-state index contributed by atoms with van der Waals surface area (Å²) in [7, 11) is 4.98. The summed E-state index contributed by atoms with van der Waals surface area (Å²) < 4.78 is 12.4. The number of hydrogen-bond donors (Lipinski definition) is 1. The fourth-order valence-corrected chi connectivity index (χ4v) is 8.12. The van der Waals surface area contributed by atoms with Crippen LogP contribution in [0.1, 0.15) is 42.0 Å². The molecule has 7 rings (SSSR count). The second-order valence-corrected chi connectivity index (χ2v) is 14.1. The molecule has 0 radical (unpaired) electrons. The highest BCUT2D eigenvalue weighted by Crippen LogP contribution is 2.46. The highest BCUT2D eigenvalue weighted by Gasteiger charge is 2.36. The Labute approximate surface area is 308 Å². The molecule has 0 spiro atoms. The average Bonchev–Trinajstić information content (AvgIpc) is 3.81. The number of pyridine rings is 2. The summed E-state index contributed by atoms with van der Waals surface area (Å²) in [6.45, 7) is 5.98. The van der Waals surface area contributed by atoms with Crippen LogP contribution in [0.25, 0.3) is 33.2 Å². The standard InChI is InChI=1S/C40H44ClN7O4/c1-25-29(7-6-10-32(25)44-38-36-28(13-16-42-38)22-43-46(2)40(36)50)30-8-5-9-31(37(30)41)33-21-27-11-12-34(35(27)39(45-33)52-4)48-18-15-26(23-48)14-17-47(24-49)19-20-51-3/h5-10,13,16,21-22,24,26,34H,11-12,14-15,17-20,23H2,1-4H3,(H,42,44). The Morgan fingerprint density at radius 1 is 1.08 bits per heavy atom. The van der Waals surface area contributed by atoms with Crippen molar-refractivity contribution in [3.8, 4) is 28.3 Å². The molecule has 2 atom stereocenters. The molecule has 1 amide bonds. The van der Waals surface area contributed by atoms with Gasteiger partial charge in [-0.3, -0.25) is 14.5 Å². The van der Waals surface area contributed by atoms with Crippen LogP contribution in [-0.2, 0) is 23.0 Å². The van der Waals surface area contributed by atoms with Crippen molar-refractivity contribution in [1.82, 2.24) is 29.5 Å². The van der Waals surface area contributed by atoms with Gasteiger partial charge in [-0.25, -0.2) is 14.6 Å². The number of hydrogen-bond acceptors (Lipinski definition) is 9. The van der Waals surface area contributed by atoms with Gasteiger partial charge in [-0.05, 0) is 80.0 Å². The quantitative estimate of drug-likeness (QED) is 0.135. The topological polar surface area (TPSA) is 115 Å². The van der Waals surface area contributed by atoms with Gasteiger partial charge in [0.1, 0.15) is 5.82 Å². The zero-order chi connectivity index (χ0) is 36.4. The first-order valence-corrected chi connectivity index (χ1v) is 18.2. The fourth-order valence-electron chi connectivity index (χ4n) is 7.79. The van der Waals surface area contributed by atoms with Crippen LogP contribution in [0.4, 0.5) is 11.5 Å². The van der Waals surface area contributed by atoms with Crippen LogP contribution < -0.4 is 15.6 Å². The minimum Gasteiger partial charge on any atom is -0.481 e. The third-order valence-corrected chi connectivity index (χ3v) is 11.1. The molecule has 2 aromatic carbocycles. The van der Waals surface area contributed by atoms with Gasteiger partial charge in [0, 0.05) is 73.8 Å². The largest absolute Gasteiger partial charge is 0.481 e. The molecule has 2 unspecified atom stereocenters. The van der Waals surface area contributed by atoms with E-state index in [4.69, 9.17) is 26.1 Å². The third kappa shape index (κ3) is 6.88. The van der Waals surface area contributed by atoms with Crippen molar-refractivity contribution in [3.63, 3.8) is 0 Å². The molecule has 1 aliphatic heterocycles. The van der Waals surface area contributed by atoms with E-state index in [0.29, 0.717) is 41.2 Å². The van der Waals surface area contributed by atoms with Crippen LogP contribution in [0.5, 0.6) is 5.88 Å². The number of benzene rings is 2. The predicted molar refractivity (Wildman–Crippen MR) is 204 cm³/mol. The Morgan fingerprint density at radius 2 is 1.88 bits per heavy atom. The summed E-state index contributed by atoms with van der Waals surface area (Å²) in [5.41, 5.74) is 7.44. The number of methoxy groups -OCH3 is 2. The van der Waals surface area contributed by atoms with Crippen molar-refractivity contribution in [2.45, 2.75) is 38.6 Å². The predicted octanol–water partition coefficient (Wildman–Crippen LogP) is 6.58. The van der Waals surface area contributed by atoms with Gasteiger partial charge in [-0.15, -0.1) is 0 Å². The van der Waals surface area contributed by atoms with Crippen molar-refractivity contribution in [1.29, 1.82) is 0 Å². The van der Waals surface area contributed by atoms with Gasteiger partial charge in [-0.2, -0.15) is 5.10 Å². The van der Waals surface area contributed by atoms with Crippen LogP contribution in [0.15, 0.2) is 65.7 Å². The monoisotopic (exact) mass is 721 g/mol. The Morgan fingerprint density at radius 3 is 2.69 bits per heavy atom. The van der Waals surface area contributed by atoms with Gasteiger partial charge in [0.25, 0.3) is 5.56 Å². The lowest BCUT2D eigenvalue weighted by Gasteiger charge is -2.26. The summed E-state index contributed by atoms with van der Waals surface area (Å²) in [4.78, 5) is 38.4. The maximum Gasteiger partial charge on any atom is 0.278 e. The van der Waals surface area contributed by atoms with Gasteiger partial charge in [0.05, 0.1) is 36.0 Å². The lowest BCUT2D eigenvalue weighted by molar-refractivity contribution is -0.118. The van der Waals surface area contributed by atoms with E-state index >= 15 is 0 Å². The minimum atomic E-state index is -0.220. The van der Waals surface area contributed by atoms with Crippen LogP contribution in [-0.4, -0.2) is 83.0 Å². The van der Waals surface area contributed by atoms with E-state index in [1.54, 1.807) is 39.7 Å². The second kappa shape index (κ2) is 15.4. The number of aryl methyl sites for hydroxylation is 2. The van der Waals surface area contributed by atoms with Crippen LogP contribution >= 0.6 is 11.6 Å². The summed E-state index contributed by atoms with van der Waals surface area (Å²) in [6, 6.07) is 16.2. The van der Waals surface area contributed by atoms with E-state index in [1.165, 1.54) is 15.8 Å². The molecule has 0 saturated carbocycles. The molecule has 1 aliphatic carbocycles. The maximum atomic E-state index is 13.0. The lowest BCUT2D eigenvalue weighted by Crippen LogP contribution is -2.29. The molecule has 11 nitrogen and oxygen atoms in total. The second-order valence-electron chi connectivity index (χ2n) is 13.7. The van der Waals surface area contributed by atoms with Crippen LogP contribution in [0.2, 0.25) is 5.02 Å². The lowest BCUT2D eigenvalue weighted by atomic mass is 9.96. The normalized spacial score (nSPS) is 17.0. The van der Waals surface area contributed by atoms with Crippen molar-refractivity contribution in [3.05, 3.63) is 93.0 Å². The molecule has 5 aromatic rings. The number of anilines is 2. The SMILES string of the molecule is COCCN(C=O)CCC1CCN(C2CCc3cc(-c4cccc(-c5cccc(Nc6nccc7cnn(C)c(=O)c67)c5C)c4Cl)nc(OC)c32)C1. The smallest absolute Gasteiger partial charge is 0.278 e. The van der Waals surface area contributed by atoms with Crippen LogP contribution in [0, 0.1) is 12.8 Å². The summed E-state index contributed by atoms with van der Waals surface area (Å²) >= 11 is 7.26. The Hall–Kier alpha value is -4.84. The van der Waals surface area contributed by atoms with E-state index in [2.05, 4.69) is 26.4 Å². The summed E-state index contributed by atoms with van der Waals surface area (Å²) in [6.07, 6.45) is 8.32. The van der Waals surface area contributed by atoms with Gasteiger partial charge in [-0.1, -0.05) is 41.9 Å². The number of carbonyl (C=O) groups is 1. The van der Waals surface area contributed by atoms with Crippen molar-refractivity contribution >= 4 is 40.3 Å². The molecule has 270 valence electrons. The molecule has 2 aliphatic rings. The van der Waals surface area contributed by atoms with Crippen molar-refractivity contribution in [2.75, 3.05) is 52.3 Å². The summed E-state index contributed by atoms with van der Waals surface area (Å²) in [5, 5.41) is 9.36. The van der Waals surface area contributed by atoms with E-state index in [9.17, 15) is 9.59 Å². The fraction of sp³-hybridized carbons (Fsp3) is 0.375. The van der Waals surface area contributed by atoms with Crippen molar-refractivity contribution < 1.29 is 14.3 Å². The Kier molecular flexibility index (Phi) is 10.5. The highest BCUT2D eigenvalue weighted by atomic mass is 35.5. The average molecular weight is 722 g/mol. The Bertz CT molecular complexity index is 2170. The molecule has 12 heteroatoms. The molecular weight excluding hydrogens is 678 g/mol. The molecule has 1 fully saturated rings. The highest BCUT2D eigenvalue weighted by molar-refractivity contribution is 6.36. The summed E-state index contributed by atoms with van der Waals surface area (Å²) in [5.74, 6) is 1.66. The van der Waals surface area contributed by atoms with Gasteiger partial charge >= 0.3 is 0 Å². The molecule has 1 saturated heterocycles. The van der Waals surface area contributed by atoms with Gasteiger partial charge < -0.3 is 19.7 Å². The number of nitrogens with zero attached hydrogens (tertiary/aromatic N) is 6. The number of fused-ring (bicyclic) bond motifs is 2. The third-order valence-electron chi connectivity index (χ3n) is 10.7. The number of carbonyl (C=O) groups excluding carboxylic acids is 1. The van der Waals surface area contributed by atoms with Gasteiger partial charge in [0.2, 0.25) is 12.3 Å². The molecule has 0 bridgehead atoms. The first kappa shape index (κ1) is 35.6. The first-order valence-electron chi connectivity index (χ1n) is 17.8. The molecular formula is C40H44ClN7O4. The zero-order valence-electron chi connectivity index (χ0n) is 30.1. The van der Waals surface area contributed by atoms with Crippen LogP contribution in [0.3, 0.4) is 0 Å². The van der Waals surface area contributed by atoms with Crippen molar-refractivity contribution in [2.24, 2.45) is 13.0 Å². The number of halogens is 1. The van der Waals surface area contributed by atoms with E-state index < -0.39 is 0 Å². The molecule has 52 heavy (non-hydrogen) atoms. The number of nitrogens with one attached hydrogen (secondary N) is 1. The number of likely N-dealkylation sites (tertiary alicyclic amines) is 1. The number of amides is 1. The van der Waals surface area contributed by atoms with E-state index in [0.717, 1.165) is 90.7 Å². The van der Waals surface area contributed by atoms with Gasteiger partial charge in [0.15, 0.2) is 0 Å². The zero-order valence-corrected chi connectivity index (χ0v) is 30.8. The van der Waals surface area contributed by atoms with E-state index in [1.807, 2.05) is 48.2 Å². The van der Waals surface area contributed by atoms with E-state index in [-0.39, 0.29) is 11.6 Å². The minimum absolute atomic E-state index is 0.220. The number of ether oxygens (including phenoxy) is 2. The maximum absolute atomic E-state index is 13.0.